The Morgan fingerprint density at radius 2 is 2.05 bits per heavy atom. The summed E-state index contributed by atoms with van der Waals surface area (Å²) in [7, 11) is -3.69. The van der Waals surface area contributed by atoms with Crippen LogP contribution in [0.25, 0.3) is 10.9 Å². The Labute approximate surface area is 135 Å². The molecule has 0 atom stereocenters. The molecule has 2 heterocycles. The molecule has 21 heavy (non-hydrogen) atoms. The number of halogens is 2. The maximum absolute atomic E-state index is 12.3. The van der Waals surface area contributed by atoms with Gasteiger partial charge in [0.1, 0.15) is 0 Å². The number of sulfonamides is 1. The molecule has 3 rings (SSSR count). The van der Waals surface area contributed by atoms with Crippen molar-refractivity contribution in [2.24, 2.45) is 0 Å². The lowest BCUT2D eigenvalue weighted by atomic mass is 10.2. The van der Waals surface area contributed by atoms with Crippen molar-refractivity contribution in [3.8, 4) is 0 Å². The van der Waals surface area contributed by atoms with E-state index >= 15 is 0 Å². The molecule has 0 saturated heterocycles. The van der Waals surface area contributed by atoms with Crippen LogP contribution in [0, 0.1) is 6.92 Å². The number of anilines is 1. The molecule has 0 amide bonds. The molecule has 0 fully saturated rings. The van der Waals surface area contributed by atoms with Crippen LogP contribution in [-0.4, -0.2) is 18.4 Å². The Hall–Kier alpha value is -1.28. The number of aromatic nitrogens is 2. The molecule has 9 heteroatoms. The summed E-state index contributed by atoms with van der Waals surface area (Å²) >= 11 is 13.2. The minimum absolute atomic E-state index is 0.153. The van der Waals surface area contributed by atoms with Gasteiger partial charge in [0.15, 0.2) is 4.21 Å². The van der Waals surface area contributed by atoms with Crippen LogP contribution in [0.2, 0.25) is 10.0 Å². The van der Waals surface area contributed by atoms with Crippen LogP contribution >= 0.6 is 34.5 Å². The highest BCUT2D eigenvalue weighted by atomic mass is 35.5. The number of hydrogen-bond donors (Lipinski definition) is 2. The maximum Gasteiger partial charge on any atom is 0.273 e. The van der Waals surface area contributed by atoms with Gasteiger partial charge in [-0.2, -0.15) is 0 Å². The molecule has 1 aromatic carbocycles. The van der Waals surface area contributed by atoms with E-state index < -0.39 is 10.0 Å². The Morgan fingerprint density at radius 3 is 2.71 bits per heavy atom. The maximum atomic E-state index is 12.3. The van der Waals surface area contributed by atoms with Gasteiger partial charge < -0.3 is 4.98 Å². The van der Waals surface area contributed by atoms with Crippen LogP contribution in [0.1, 0.15) is 5.01 Å². The monoisotopic (exact) mass is 361 g/mol. The average Bonchev–Trinajstić information content (AvgIpc) is 3.00. The third kappa shape index (κ3) is 2.62. The number of fused-ring (bicyclic) bond motifs is 1. The lowest BCUT2D eigenvalue weighted by molar-refractivity contribution is 0.603. The first-order valence-corrected chi connectivity index (χ1v) is 8.84. The van der Waals surface area contributed by atoms with Crippen molar-refractivity contribution in [2.75, 3.05) is 4.72 Å². The topological polar surface area (TPSA) is 74.8 Å². The van der Waals surface area contributed by atoms with Crippen molar-refractivity contribution in [3.63, 3.8) is 0 Å². The van der Waals surface area contributed by atoms with Crippen molar-refractivity contribution in [2.45, 2.75) is 11.1 Å². The first-order chi connectivity index (χ1) is 9.88. The smallest absolute Gasteiger partial charge is 0.273 e. The van der Waals surface area contributed by atoms with Crippen LogP contribution in [0.3, 0.4) is 0 Å². The molecule has 0 unspecified atom stereocenters. The second kappa shape index (κ2) is 5.17. The molecule has 2 N–H and O–H groups in total. The number of benzene rings is 1. The minimum atomic E-state index is -3.69. The largest absolute Gasteiger partial charge is 0.358 e. The Bertz CT molecular complexity index is 931. The fourth-order valence-electron chi connectivity index (χ4n) is 1.91. The second-order valence-corrected chi connectivity index (χ2v) is 8.24. The lowest BCUT2D eigenvalue weighted by Crippen LogP contribution is -2.11. The number of thiazole rings is 1. The third-order valence-corrected chi connectivity index (χ3v) is 6.20. The summed E-state index contributed by atoms with van der Waals surface area (Å²) in [4.78, 5) is 6.88. The number of nitrogens with zero attached hydrogens (tertiary/aromatic N) is 1. The summed E-state index contributed by atoms with van der Waals surface area (Å²) < 4.78 is 27.3. The molecule has 0 aliphatic rings. The summed E-state index contributed by atoms with van der Waals surface area (Å²) in [5.74, 6) is 0. The van der Waals surface area contributed by atoms with E-state index in [0.717, 1.165) is 11.3 Å². The van der Waals surface area contributed by atoms with Gasteiger partial charge in [-0.1, -0.05) is 23.2 Å². The molecule has 0 aliphatic heterocycles. The number of aromatic amines is 1. The quantitative estimate of drug-likeness (QED) is 0.738. The fourth-order valence-corrected chi connectivity index (χ4v) is 4.65. The molecule has 2 aromatic heterocycles. The average molecular weight is 362 g/mol. The molecule has 0 saturated carbocycles. The molecular weight excluding hydrogens is 353 g/mol. The summed E-state index contributed by atoms with van der Waals surface area (Å²) in [6.07, 6.45) is 2.89. The van der Waals surface area contributed by atoms with Gasteiger partial charge in [-0.3, -0.25) is 4.72 Å². The summed E-state index contributed by atoms with van der Waals surface area (Å²) in [6, 6.07) is 3.18. The molecule has 0 radical (unpaired) electrons. The predicted molar refractivity (Wildman–Crippen MR) is 86.0 cm³/mol. The zero-order valence-electron chi connectivity index (χ0n) is 10.6. The highest BCUT2D eigenvalue weighted by molar-refractivity contribution is 7.94. The van der Waals surface area contributed by atoms with Gasteiger partial charge >= 0.3 is 0 Å². The van der Waals surface area contributed by atoms with Crippen LogP contribution < -0.4 is 4.72 Å². The molecule has 0 spiro atoms. The highest BCUT2D eigenvalue weighted by Gasteiger charge is 2.20. The van der Waals surface area contributed by atoms with Gasteiger partial charge in [-0.05, 0) is 19.1 Å². The van der Waals surface area contributed by atoms with E-state index in [2.05, 4.69) is 14.7 Å². The van der Waals surface area contributed by atoms with Crippen molar-refractivity contribution in [3.05, 3.63) is 39.6 Å². The predicted octanol–water partition coefficient (Wildman–Crippen LogP) is 4.04. The molecule has 5 nitrogen and oxygen atoms in total. The van der Waals surface area contributed by atoms with E-state index in [1.807, 2.05) is 0 Å². The van der Waals surface area contributed by atoms with Crippen molar-refractivity contribution in [1.82, 2.24) is 9.97 Å². The van der Waals surface area contributed by atoms with Crippen LogP contribution in [0.4, 0.5) is 5.69 Å². The molecule has 0 aliphatic carbocycles. The fraction of sp³-hybridized carbons (Fsp3) is 0.0833. The minimum Gasteiger partial charge on any atom is -0.358 e. The normalized spacial score (nSPS) is 12.0. The van der Waals surface area contributed by atoms with Crippen molar-refractivity contribution < 1.29 is 8.42 Å². The van der Waals surface area contributed by atoms with Crippen molar-refractivity contribution in [1.29, 1.82) is 0 Å². The van der Waals surface area contributed by atoms with Gasteiger partial charge in [0, 0.05) is 11.6 Å². The van der Waals surface area contributed by atoms with Crippen LogP contribution in [0.15, 0.2) is 28.7 Å². The van der Waals surface area contributed by atoms with E-state index in [9.17, 15) is 8.42 Å². The van der Waals surface area contributed by atoms with Gasteiger partial charge in [0.2, 0.25) is 0 Å². The molecule has 3 aromatic rings. The van der Waals surface area contributed by atoms with Gasteiger partial charge in [0.25, 0.3) is 10.0 Å². The van der Waals surface area contributed by atoms with E-state index in [4.69, 9.17) is 23.2 Å². The van der Waals surface area contributed by atoms with Gasteiger partial charge in [-0.15, -0.1) is 11.3 Å². The number of H-pyrrole nitrogens is 1. The summed E-state index contributed by atoms with van der Waals surface area (Å²) in [6.45, 7) is 1.74. The SMILES string of the molecule is Cc1ncc(S(=O)(=O)Nc2ccc(Cl)c3c(Cl)c[nH]c23)s1. The molecular formula is C12H9Cl2N3O2S2. The molecule has 0 bridgehead atoms. The van der Waals surface area contributed by atoms with Crippen molar-refractivity contribution >= 4 is 61.2 Å². The first-order valence-electron chi connectivity index (χ1n) is 5.79. The highest BCUT2D eigenvalue weighted by Crippen LogP contribution is 2.35. The Balaban J connectivity index is 2.08. The lowest BCUT2D eigenvalue weighted by Gasteiger charge is -2.08. The van der Waals surface area contributed by atoms with Gasteiger partial charge in [-0.25, -0.2) is 13.4 Å². The summed E-state index contributed by atoms with van der Waals surface area (Å²) in [5, 5.41) is 2.15. The first kappa shape index (κ1) is 14.6. The number of aryl methyl sites for hydroxylation is 1. The Kier molecular flexibility index (Phi) is 3.61. The van der Waals surface area contributed by atoms with E-state index in [0.29, 0.717) is 31.6 Å². The Morgan fingerprint density at radius 1 is 1.29 bits per heavy atom. The zero-order valence-corrected chi connectivity index (χ0v) is 13.8. The number of nitrogens with one attached hydrogen (secondary N) is 2. The standard InChI is InChI=1S/C12H9Cl2N3O2S2/c1-6-15-5-10(20-6)21(18,19)17-9-3-2-7(13)11-8(14)4-16-12(9)11/h2-5,16-17H,1H3. The van der Waals surface area contributed by atoms with Gasteiger partial charge in [0.05, 0.1) is 32.5 Å². The van der Waals surface area contributed by atoms with E-state index in [1.165, 1.54) is 6.20 Å². The second-order valence-electron chi connectivity index (χ2n) is 4.29. The van der Waals surface area contributed by atoms with Crippen LogP contribution in [-0.2, 0) is 10.0 Å². The van der Waals surface area contributed by atoms with E-state index in [1.54, 1.807) is 25.3 Å². The number of hydrogen-bond acceptors (Lipinski definition) is 4. The number of rotatable bonds is 3. The van der Waals surface area contributed by atoms with Crippen LogP contribution in [0.5, 0.6) is 0 Å². The van der Waals surface area contributed by atoms with E-state index in [-0.39, 0.29) is 4.21 Å². The molecule has 110 valence electrons. The summed E-state index contributed by atoms with van der Waals surface area (Å²) in [5.41, 5.74) is 0.921. The zero-order chi connectivity index (χ0) is 15.2. The third-order valence-electron chi connectivity index (χ3n) is 2.85.